The number of ether oxygens (including phenoxy) is 1. The van der Waals surface area contributed by atoms with Crippen molar-refractivity contribution in [1.82, 2.24) is 0 Å². The van der Waals surface area contributed by atoms with Crippen LogP contribution in [-0.2, 0) is 22.4 Å². The van der Waals surface area contributed by atoms with E-state index in [4.69, 9.17) is 9.84 Å². The summed E-state index contributed by atoms with van der Waals surface area (Å²) < 4.78 is 5.52. The van der Waals surface area contributed by atoms with Crippen LogP contribution in [0, 0.1) is 0 Å². The van der Waals surface area contributed by atoms with Gasteiger partial charge in [-0.25, -0.2) is 4.79 Å². The highest BCUT2D eigenvalue weighted by molar-refractivity contribution is 7.99. The molecule has 1 aromatic rings. The van der Waals surface area contributed by atoms with E-state index in [9.17, 15) is 4.79 Å². The number of carboxylic acids is 1. The first-order valence-corrected chi connectivity index (χ1v) is 7.84. The number of aliphatic carboxylic acids is 1. The lowest BCUT2D eigenvalue weighted by atomic mass is 10.1. The van der Waals surface area contributed by atoms with Gasteiger partial charge in [0.1, 0.15) is 0 Å². The van der Waals surface area contributed by atoms with Crippen molar-refractivity contribution in [3.63, 3.8) is 0 Å². The van der Waals surface area contributed by atoms with Crippen molar-refractivity contribution in [3.05, 3.63) is 29.3 Å². The van der Waals surface area contributed by atoms with Crippen LogP contribution >= 0.6 is 11.8 Å². The molecule has 3 nitrogen and oxygen atoms in total. The molecule has 0 aromatic heterocycles. The number of hydrogen-bond acceptors (Lipinski definition) is 3. The molecule has 2 atom stereocenters. The molecule has 1 saturated heterocycles. The van der Waals surface area contributed by atoms with E-state index in [1.54, 1.807) is 11.8 Å². The first kappa shape index (κ1) is 13.0. The minimum absolute atomic E-state index is 0.0827. The van der Waals surface area contributed by atoms with E-state index >= 15 is 0 Å². The van der Waals surface area contributed by atoms with Crippen molar-refractivity contribution in [2.75, 3.05) is 5.75 Å². The van der Waals surface area contributed by atoms with Gasteiger partial charge in [0.25, 0.3) is 0 Å². The smallest absolute Gasteiger partial charge is 0.332 e. The van der Waals surface area contributed by atoms with Crippen LogP contribution in [0.5, 0.6) is 0 Å². The number of fused-ring (bicyclic) bond motifs is 1. The molecular formula is C15H18O3S. The van der Waals surface area contributed by atoms with Gasteiger partial charge in [0, 0.05) is 10.6 Å². The molecule has 1 N–H and O–H groups in total. The minimum Gasteiger partial charge on any atom is -0.479 e. The average molecular weight is 278 g/mol. The number of thioether (sulfide) groups is 1. The van der Waals surface area contributed by atoms with Crippen LogP contribution in [0.4, 0.5) is 0 Å². The maximum Gasteiger partial charge on any atom is 0.332 e. The molecule has 2 aliphatic rings. The van der Waals surface area contributed by atoms with Gasteiger partial charge in [0.2, 0.25) is 0 Å². The lowest BCUT2D eigenvalue weighted by Crippen LogP contribution is -2.21. The molecule has 1 heterocycles. The SMILES string of the molecule is O=C(O)C1CCC(CSc2ccc3c(c2)CCC3)O1. The van der Waals surface area contributed by atoms with E-state index in [-0.39, 0.29) is 6.10 Å². The monoisotopic (exact) mass is 278 g/mol. The van der Waals surface area contributed by atoms with Crippen molar-refractivity contribution >= 4 is 17.7 Å². The molecule has 0 radical (unpaired) electrons. The second kappa shape index (κ2) is 5.55. The molecule has 0 amide bonds. The Labute approximate surface area is 117 Å². The molecular weight excluding hydrogens is 260 g/mol. The molecule has 1 aliphatic heterocycles. The molecule has 1 aliphatic carbocycles. The van der Waals surface area contributed by atoms with Crippen LogP contribution < -0.4 is 0 Å². The van der Waals surface area contributed by atoms with Gasteiger partial charge in [-0.2, -0.15) is 0 Å². The first-order chi connectivity index (χ1) is 9.22. The summed E-state index contributed by atoms with van der Waals surface area (Å²) in [5.41, 5.74) is 2.98. The summed E-state index contributed by atoms with van der Waals surface area (Å²) >= 11 is 1.78. The fraction of sp³-hybridized carbons (Fsp3) is 0.533. The zero-order valence-corrected chi connectivity index (χ0v) is 11.6. The second-order valence-corrected chi connectivity index (χ2v) is 6.35. The maximum atomic E-state index is 10.8. The van der Waals surface area contributed by atoms with Crippen LogP contribution in [0.15, 0.2) is 23.1 Å². The summed E-state index contributed by atoms with van der Waals surface area (Å²) in [6.45, 7) is 0. The Morgan fingerprint density at radius 1 is 1.32 bits per heavy atom. The Bertz CT molecular complexity index is 486. The third-order valence-electron chi connectivity index (χ3n) is 3.89. The van der Waals surface area contributed by atoms with Crippen molar-refractivity contribution in [3.8, 4) is 0 Å². The van der Waals surface area contributed by atoms with E-state index < -0.39 is 12.1 Å². The van der Waals surface area contributed by atoms with E-state index in [2.05, 4.69) is 18.2 Å². The zero-order chi connectivity index (χ0) is 13.2. The van der Waals surface area contributed by atoms with Crippen LogP contribution in [0.1, 0.15) is 30.4 Å². The average Bonchev–Trinajstić information content (AvgIpc) is 3.04. The van der Waals surface area contributed by atoms with Gasteiger partial charge < -0.3 is 9.84 Å². The van der Waals surface area contributed by atoms with E-state index in [1.807, 2.05) is 0 Å². The molecule has 4 heteroatoms. The summed E-state index contributed by atoms with van der Waals surface area (Å²) in [6, 6.07) is 6.70. The molecule has 1 aromatic carbocycles. The van der Waals surface area contributed by atoms with Crippen molar-refractivity contribution in [2.24, 2.45) is 0 Å². The molecule has 0 spiro atoms. The quantitative estimate of drug-likeness (QED) is 0.860. The number of carbonyl (C=O) groups is 1. The molecule has 2 unspecified atom stereocenters. The van der Waals surface area contributed by atoms with Crippen LogP contribution in [0.25, 0.3) is 0 Å². The number of hydrogen-bond donors (Lipinski definition) is 1. The number of benzene rings is 1. The van der Waals surface area contributed by atoms with Gasteiger partial charge >= 0.3 is 5.97 Å². The summed E-state index contributed by atoms with van der Waals surface area (Å²) in [5.74, 6) is 0.0211. The number of rotatable bonds is 4. The van der Waals surface area contributed by atoms with Gasteiger partial charge in [-0.1, -0.05) is 6.07 Å². The highest BCUT2D eigenvalue weighted by Gasteiger charge is 2.30. The summed E-state index contributed by atoms with van der Waals surface area (Å²) in [6.07, 6.45) is 4.68. The van der Waals surface area contributed by atoms with Gasteiger partial charge in [0.15, 0.2) is 6.10 Å². The molecule has 19 heavy (non-hydrogen) atoms. The van der Waals surface area contributed by atoms with Gasteiger partial charge in [0.05, 0.1) is 6.10 Å². The predicted molar refractivity (Wildman–Crippen MR) is 74.7 cm³/mol. The molecule has 102 valence electrons. The maximum absolute atomic E-state index is 10.8. The zero-order valence-electron chi connectivity index (χ0n) is 10.8. The predicted octanol–water partition coefficient (Wildman–Crippen LogP) is 2.90. The largest absolute Gasteiger partial charge is 0.479 e. The van der Waals surface area contributed by atoms with Gasteiger partial charge in [-0.15, -0.1) is 11.8 Å². The Morgan fingerprint density at radius 2 is 2.16 bits per heavy atom. The molecule has 3 rings (SSSR count). The molecule has 1 fully saturated rings. The van der Waals surface area contributed by atoms with E-state index in [0.717, 1.165) is 12.2 Å². The lowest BCUT2D eigenvalue weighted by molar-refractivity contribution is -0.148. The standard InChI is InChI=1S/C15H18O3S/c16-15(17)14-7-5-12(18-14)9-19-13-6-4-10-2-1-3-11(10)8-13/h4,6,8,12,14H,1-3,5,7,9H2,(H,16,17). The number of aryl methyl sites for hydroxylation is 2. The third-order valence-corrected chi connectivity index (χ3v) is 5.01. The lowest BCUT2D eigenvalue weighted by Gasteiger charge is -2.11. The molecule has 0 saturated carbocycles. The minimum atomic E-state index is -0.829. The van der Waals surface area contributed by atoms with Crippen molar-refractivity contribution < 1.29 is 14.6 Å². The van der Waals surface area contributed by atoms with Crippen molar-refractivity contribution in [1.29, 1.82) is 0 Å². The number of carboxylic acid groups (broad SMARTS) is 1. The second-order valence-electron chi connectivity index (χ2n) is 5.26. The van der Waals surface area contributed by atoms with Crippen LogP contribution in [0.2, 0.25) is 0 Å². The van der Waals surface area contributed by atoms with E-state index in [1.165, 1.54) is 35.3 Å². The Morgan fingerprint density at radius 3 is 2.95 bits per heavy atom. The summed E-state index contributed by atoms with van der Waals surface area (Å²) in [7, 11) is 0. The summed E-state index contributed by atoms with van der Waals surface area (Å²) in [5, 5.41) is 8.89. The fourth-order valence-electron chi connectivity index (χ4n) is 2.84. The highest BCUT2D eigenvalue weighted by Crippen LogP contribution is 2.30. The third kappa shape index (κ3) is 2.95. The Balaban J connectivity index is 1.54. The Kier molecular flexibility index (Phi) is 3.80. The topological polar surface area (TPSA) is 46.5 Å². The van der Waals surface area contributed by atoms with Crippen LogP contribution in [-0.4, -0.2) is 29.0 Å². The van der Waals surface area contributed by atoms with Crippen LogP contribution in [0.3, 0.4) is 0 Å². The fourth-order valence-corrected chi connectivity index (χ4v) is 3.85. The Hall–Kier alpha value is -1.00. The highest BCUT2D eigenvalue weighted by atomic mass is 32.2. The first-order valence-electron chi connectivity index (χ1n) is 6.85. The molecule has 0 bridgehead atoms. The van der Waals surface area contributed by atoms with Gasteiger partial charge in [-0.3, -0.25) is 0 Å². The normalized spacial score (nSPS) is 25.5. The van der Waals surface area contributed by atoms with Gasteiger partial charge in [-0.05, 0) is 55.4 Å². The van der Waals surface area contributed by atoms with Crippen molar-refractivity contribution in [2.45, 2.75) is 49.2 Å². The summed E-state index contributed by atoms with van der Waals surface area (Å²) in [4.78, 5) is 12.1. The van der Waals surface area contributed by atoms with E-state index in [0.29, 0.717) is 6.42 Å².